The maximum atomic E-state index is 13.7. The van der Waals surface area contributed by atoms with E-state index >= 15 is 0 Å². The highest BCUT2D eigenvalue weighted by Gasteiger charge is 2.38. The highest BCUT2D eigenvalue weighted by molar-refractivity contribution is 5.93. The summed E-state index contributed by atoms with van der Waals surface area (Å²) in [5.74, 6) is 2.85. The summed E-state index contributed by atoms with van der Waals surface area (Å²) >= 11 is 0. The third kappa shape index (κ3) is 3.78. The lowest BCUT2D eigenvalue weighted by molar-refractivity contribution is -0.200. The molecule has 3 saturated carbocycles. The van der Waals surface area contributed by atoms with Gasteiger partial charge >= 0.3 is 6.11 Å². The zero-order valence-corrected chi connectivity index (χ0v) is 16.6. The summed E-state index contributed by atoms with van der Waals surface area (Å²) < 4.78 is 38.2. The van der Waals surface area contributed by atoms with Crippen molar-refractivity contribution in [3.63, 3.8) is 0 Å². The molecule has 30 heavy (non-hydrogen) atoms. The summed E-state index contributed by atoms with van der Waals surface area (Å²) in [4.78, 5) is 8.84. The number of benzene rings is 1. The quantitative estimate of drug-likeness (QED) is 0.574. The van der Waals surface area contributed by atoms with Gasteiger partial charge in [-0.25, -0.2) is 4.98 Å². The zero-order valence-electron chi connectivity index (χ0n) is 16.6. The maximum absolute atomic E-state index is 13.7. The van der Waals surface area contributed by atoms with Crippen LogP contribution in [0.4, 0.5) is 8.78 Å². The molecule has 5 nitrogen and oxygen atoms in total. The fraction of sp³-hybridized carbons (Fsp3) is 0.478. The molecule has 3 aromatic rings. The highest BCUT2D eigenvalue weighted by atomic mass is 19.3. The SMILES string of the molecule is OCC(F)(F)Oc1ccc(-c2ccccn2)c2oc(CCC3CC4CC(C3)C4)nc12. The lowest BCUT2D eigenvalue weighted by Crippen LogP contribution is -2.34. The molecule has 0 atom stereocenters. The second-order valence-electron chi connectivity index (χ2n) is 8.59. The van der Waals surface area contributed by atoms with E-state index in [1.165, 1.54) is 31.7 Å². The number of rotatable bonds is 7. The van der Waals surface area contributed by atoms with E-state index < -0.39 is 12.7 Å². The number of ether oxygens (including phenoxy) is 1. The van der Waals surface area contributed by atoms with E-state index in [4.69, 9.17) is 14.3 Å². The van der Waals surface area contributed by atoms with E-state index in [0.29, 0.717) is 35.1 Å². The Morgan fingerprint density at radius 3 is 2.60 bits per heavy atom. The summed E-state index contributed by atoms with van der Waals surface area (Å²) in [6.45, 7) is -1.41. The predicted octanol–water partition coefficient (Wildman–Crippen LogP) is 5.22. The van der Waals surface area contributed by atoms with Gasteiger partial charge < -0.3 is 14.3 Å². The Morgan fingerprint density at radius 2 is 1.90 bits per heavy atom. The zero-order chi connectivity index (χ0) is 20.7. The molecule has 0 spiro atoms. The van der Waals surface area contributed by atoms with E-state index in [9.17, 15) is 8.78 Å². The molecule has 3 fully saturated rings. The lowest BCUT2D eigenvalue weighted by atomic mass is 9.61. The Hall–Kier alpha value is -2.54. The normalized spacial score (nSPS) is 23.4. The molecule has 3 aliphatic rings. The molecule has 7 heteroatoms. The lowest BCUT2D eigenvalue weighted by Gasteiger charge is -2.45. The first-order valence-electron chi connectivity index (χ1n) is 10.5. The molecule has 0 saturated heterocycles. The fourth-order valence-corrected chi connectivity index (χ4v) is 4.99. The molecule has 0 radical (unpaired) electrons. The summed E-state index contributed by atoms with van der Waals surface area (Å²) in [7, 11) is 0. The van der Waals surface area contributed by atoms with Gasteiger partial charge in [0.25, 0.3) is 0 Å². The van der Waals surface area contributed by atoms with E-state index in [1.807, 2.05) is 12.1 Å². The second-order valence-corrected chi connectivity index (χ2v) is 8.59. The Morgan fingerprint density at radius 1 is 1.10 bits per heavy atom. The van der Waals surface area contributed by atoms with E-state index in [0.717, 1.165) is 18.3 Å². The van der Waals surface area contributed by atoms with Gasteiger partial charge in [0.1, 0.15) is 6.61 Å². The average molecular weight is 414 g/mol. The van der Waals surface area contributed by atoms with Crippen LogP contribution in [0.5, 0.6) is 5.75 Å². The number of oxazole rings is 1. The molecule has 1 aromatic carbocycles. The first-order valence-corrected chi connectivity index (χ1v) is 10.5. The van der Waals surface area contributed by atoms with Gasteiger partial charge in [-0.05, 0) is 74.1 Å². The van der Waals surface area contributed by atoms with Crippen molar-refractivity contribution in [2.45, 2.75) is 44.6 Å². The maximum Gasteiger partial charge on any atom is 0.421 e. The van der Waals surface area contributed by atoms with Crippen molar-refractivity contribution in [3.05, 3.63) is 42.4 Å². The molecule has 3 aliphatic carbocycles. The van der Waals surface area contributed by atoms with Crippen molar-refractivity contribution in [3.8, 4) is 17.0 Å². The number of aryl methyl sites for hydroxylation is 1. The van der Waals surface area contributed by atoms with Crippen molar-refractivity contribution in [1.82, 2.24) is 9.97 Å². The van der Waals surface area contributed by atoms with Crippen LogP contribution >= 0.6 is 0 Å². The van der Waals surface area contributed by atoms with E-state index in [1.54, 1.807) is 18.3 Å². The molecule has 2 aromatic heterocycles. The first-order chi connectivity index (χ1) is 14.5. The third-order valence-electron chi connectivity index (χ3n) is 6.37. The number of hydrogen-bond acceptors (Lipinski definition) is 5. The van der Waals surface area contributed by atoms with Crippen molar-refractivity contribution in [2.24, 2.45) is 17.8 Å². The molecular formula is C23H24F2N2O3. The second kappa shape index (κ2) is 7.61. The number of aliphatic hydroxyl groups is 1. The largest absolute Gasteiger partial charge is 0.440 e. The van der Waals surface area contributed by atoms with Crippen LogP contribution in [0.3, 0.4) is 0 Å². The number of pyridine rings is 1. The van der Waals surface area contributed by atoms with Crippen LogP contribution in [0.25, 0.3) is 22.4 Å². The summed E-state index contributed by atoms with van der Waals surface area (Å²) in [5.41, 5.74) is 1.94. The molecule has 2 heterocycles. The van der Waals surface area contributed by atoms with Crippen molar-refractivity contribution in [1.29, 1.82) is 0 Å². The molecule has 0 unspecified atom stereocenters. The van der Waals surface area contributed by atoms with Gasteiger partial charge in [-0.1, -0.05) is 6.07 Å². The Bertz CT molecular complexity index is 1020. The minimum atomic E-state index is -3.69. The van der Waals surface area contributed by atoms with Crippen LogP contribution in [0.1, 0.15) is 38.0 Å². The van der Waals surface area contributed by atoms with Gasteiger partial charge in [0.2, 0.25) is 0 Å². The van der Waals surface area contributed by atoms with Gasteiger partial charge in [-0.2, -0.15) is 8.78 Å². The summed E-state index contributed by atoms with van der Waals surface area (Å²) in [5, 5.41) is 8.89. The number of alkyl halides is 2. The minimum absolute atomic E-state index is 0.113. The monoisotopic (exact) mass is 414 g/mol. The molecule has 6 rings (SSSR count). The van der Waals surface area contributed by atoms with Gasteiger partial charge in [0.15, 0.2) is 22.7 Å². The average Bonchev–Trinajstić information content (AvgIpc) is 3.17. The Balaban J connectivity index is 1.46. The Kier molecular flexibility index (Phi) is 4.93. The van der Waals surface area contributed by atoms with E-state index in [-0.39, 0.29) is 11.3 Å². The Labute approximate surface area is 173 Å². The fourth-order valence-electron chi connectivity index (χ4n) is 4.99. The summed E-state index contributed by atoms with van der Waals surface area (Å²) in [6.07, 6.45) is 4.93. The number of fused-ring (bicyclic) bond motifs is 3. The summed E-state index contributed by atoms with van der Waals surface area (Å²) in [6, 6.07) is 8.55. The van der Waals surface area contributed by atoms with Gasteiger partial charge in [0.05, 0.1) is 5.69 Å². The first kappa shape index (κ1) is 19.4. The van der Waals surface area contributed by atoms with Crippen LogP contribution in [0.15, 0.2) is 40.9 Å². The van der Waals surface area contributed by atoms with Gasteiger partial charge in [-0.3, -0.25) is 4.98 Å². The molecule has 1 N–H and O–H groups in total. The number of nitrogens with zero attached hydrogens (tertiary/aromatic N) is 2. The number of halogens is 2. The van der Waals surface area contributed by atoms with Gasteiger partial charge in [0, 0.05) is 18.2 Å². The van der Waals surface area contributed by atoms with E-state index in [2.05, 4.69) is 9.97 Å². The van der Waals surface area contributed by atoms with Crippen LogP contribution in [0.2, 0.25) is 0 Å². The van der Waals surface area contributed by atoms with Gasteiger partial charge in [-0.15, -0.1) is 0 Å². The number of aromatic nitrogens is 2. The number of aliphatic hydroxyl groups excluding tert-OH is 1. The van der Waals surface area contributed by atoms with Crippen molar-refractivity contribution >= 4 is 11.1 Å². The molecule has 158 valence electrons. The highest BCUT2D eigenvalue weighted by Crippen LogP contribution is 2.49. The van der Waals surface area contributed by atoms with Crippen LogP contribution in [-0.2, 0) is 6.42 Å². The standard InChI is InChI=1S/C23H24F2N2O3/c24-23(25,13-28)30-19-6-5-17(18-3-1-2-8-26-18)22-21(19)27-20(29-22)7-4-14-9-15-11-16(10-14)12-15/h1-3,5-6,8,14-16,28H,4,7,9-13H2. The molecule has 2 bridgehead atoms. The van der Waals surface area contributed by atoms with Crippen LogP contribution < -0.4 is 4.74 Å². The molecular weight excluding hydrogens is 390 g/mol. The molecule has 0 aliphatic heterocycles. The van der Waals surface area contributed by atoms with Crippen molar-refractivity contribution < 1.29 is 23.0 Å². The van der Waals surface area contributed by atoms with Crippen molar-refractivity contribution in [2.75, 3.05) is 6.61 Å². The topological polar surface area (TPSA) is 68.4 Å². The molecule has 0 amide bonds. The predicted molar refractivity (Wildman–Crippen MR) is 107 cm³/mol. The minimum Gasteiger partial charge on any atom is -0.440 e. The van der Waals surface area contributed by atoms with Crippen LogP contribution in [0, 0.1) is 17.8 Å². The smallest absolute Gasteiger partial charge is 0.421 e. The van der Waals surface area contributed by atoms with Crippen LogP contribution in [-0.4, -0.2) is 27.8 Å². The number of hydrogen-bond donors (Lipinski definition) is 1. The third-order valence-corrected chi connectivity index (χ3v) is 6.37.